The molecule has 1 aliphatic rings. The molecule has 1 heterocycles. The smallest absolute Gasteiger partial charge is 0.226 e. The summed E-state index contributed by atoms with van der Waals surface area (Å²) in [5.41, 5.74) is 2.36. The van der Waals surface area contributed by atoms with Gasteiger partial charge in [-0.15, -0.1) is 0 Å². The van der Waals surface area contributed by atoms with Crippen molar-refractivity contribution in [2.24, 2.45) is 5.41 Å². The van der Waals surface area contributed by atoms with Crippen LogP contribution in [0.15, 0.2) is 24.3 Å². The zero-order valence-electron chi connectivity index (χ0n) is 12.7. The molecule has 110 valence electrons. The highest BCUT2D eigenvalue weighted by Crippen LogP contribution is 2.32. The molecular formula is C17H26N2O. The van der Waals surface area contributed by atoms with Crippen molar-refractivity contribution in [2.75, 3.05) is 13.1 Å². The summed E-state index contributed by atoms with van der Waals surface area (Å²) in [7, 11) is 0. The molecule has 2 N–H and O–H groups in total. The SMILES string of the molecule is CCc1ccc(CNC(=O)C2(CC)CCNCC2)cc1. The van der Waals surface area contributed by atoms with Gasteiger partial charge in [0.25, 0.3) is 0 Å². The Kier molecular flexibility index (Phi) is 5.18. The molecule has 1 aromatic rings. The van der Waals surface area contributed by atoms with Crippen molar-refractivity contribution in [2.45, 2.75) is 46.1 Å². The van der Waals surface area contributed by atoms with Crippen molar-refractivity contribution < 1.29 is 4.79 Å². The molecule has 0 spiro atoms. The van der Waals surface area contributed by atoms with Gasteiger partial charge in [0, 0.05) is 6.54 Å². The molecule has 2 rings (SSSR count). The number of piperidine rings is 1. The predicted octanol–water partition coefficient (Wildman–Crippen LogP) is 2.65. The number of aryl methyl sites for hydroxylation is 1. The fourth-order valence-corrected chi connectivity index (χ4v) is 2.91. The van der Waals surface area contributed by atoms with Crippen LogP contribution in [0.4, 0.5) is 0 Å². The van der Waals surface area contributed by atoms with Gasteiger partial charge in [0.2, 0.25) is 5.91 Å². The van der Waals surface area contributed by atoms with E-state index in [1.54, 1.807) is 0 Å². The minimum absolute atomic E-state index is 0.158. The van der Waals surface area contributed by atoms with E-state index in [0.717, 1.165) is 38.8 Å². The first-order valence-corrected chi connectivity index (χ1v) is 7.77. The zero-order valence-corrected chi connectivity index (χ0v) is 12.7. The second kappa shape index (κ2) is 6.89. The standard InChI is InChI=1S/C17H26N2O/c1-3-14-5-7-15(8-6-14)13-19-16(20)17(4-2)9-11-18-12-10-17/h5-8,18H,3-4,9-13H2,1-2H3,(H,19,20). The summed E-state index contributed by atoms with van der Waals surface area (Å²) in [6.07, 6.45) is 3.88. The van der Waals surface area contributed by atoms with Gasteiger partial charge in [-0.2, -0.15) is 0 Å². The van der Waals surface area contributed by atoms with Crippen LogP contribution in [-0.4, -0.2) is 19.0 Å². The molecule has 0 saturated carbocycles. The molecular weight excluding hydrogens is 248 g/mol. The normalized spacial score (nSPS) is 17.7. The largest absolute Gasteiger partial charge is 0.352 e. The lowest BCUT2D eigenvalue weighted by Crippen LogP contribution is -2.47. The van der Waals surface area contributed by atoms with E-state index >= 15 is 0 Å². The van der Waals surface area contributed by atoms with Crippen LogP contribution >= 0.6 is 0 Å². The molecule has 0 aliphatic carbocycles. The molecule has 1 saturated heterocycles. The maximum Gasteiger partial charge on any atom is 0.226 e. The van der Waals surface area contributed by atoms with Crippen molar-refractivity contribution in [3.63, 3.8) is 0 Å². The quantitative estimate of drug-likeness (QED) is 0.866. The van der Waals surface area contributed by atoms with E-state index < -0.39 is 0 Å². The van der Waals surface area contributed by atoms with Crippen LogP contribution in [0.1, 0.15) is 44.2 Å². The fourth-order valence-electron chi connectivity index (χ4n) is 2.91. The van der Waals surface area contributed by atoms with Gasteiger partial charge in [0.05, 0.1) is 5.41 Å². The lowest BCUT2D eigenvalue weighted by atomic mass is 9.76. The Labute approximate surface area is 122 Å². The third kappa shape index (κ3) is 3.40. The molecule has 1 fully saturated rings. The van der Waals surface area contributed by atoms with Gasteiger partial charge in [0.15, 0.2) is 0 Å². The molecule has 0 unspecified atom stereocenters. The highest BCUT2D eigenvalue weighted by Gasteiger charge is 2.37. The first-order chi connectivity index (χ1) is 9.70. The molecule has 0 radical (unpaired) electrons. The highest BCUT2D eigenvalue weighted by atomic mass is 16.2. The average molecular weight is 274 g/mol. The molecule has 0 atom stereocenters. The number of amides is 1. The lowest BCUT2D eigenvalue weighted by molar-refractivity contribution is -0.133. The minimum Gasteiger partial charge on any atom is -0.352 e. The Balaban J connectivity index is 1.93. The van der Waals surface area contributed by atoms with Crippen LogP contribution < -0.4 is 10.6 Å². The van der Waals surface area contributed by atoms with E-state index in [9.17, 15) is 4.79 Å². The third-order valence-corrected chi connectivity index (χ3v) is 4.60. The Morgan fingerprint density at radius 1 is 1.15 bits per heavy atom. The van der Waals surface area contributed by atoms with E-state index in [1.165, 1.54) is 11.1 Å². The van der Waals surface area contributed by atoms with Gasteiger partial charge >= 0.3 is 0 Å². The van der Waals surface area contributed by atoms with Crippen molar-refractivity contribution in [3.8, 4) is 0 Å². The van der Waals surface area contributed by atoms with E-state index in [2.05, 4.69) is 48.7 Å². The van der Waals surface area contributed by atoms with Crippen LogP contribution in [0, 0.1) is 5.41 Å². The Morgan fingerprint density at radius 3 is 2.30 bits per heavy atom. The van der Waals surface area contributed by atoms with E-state index in [4.69, 9.17) is 0 Å². The molecule has 1 amide bonds. The molecule has 1 aliphatic heterocycles. The number of carbonyl (C=O) groups is 1. The van der Waals surface area contributed by atoms with Crippen LogP contribution in [0.2, 0.25) is 0 Å². The van der Waals surface area contributed by atoms with Crippen LogP contribution in [0.25, 0.3) is 0 Å². The zero-order chi connectivity index (χ0) is 14.4. The first kappa shape index (κ1) is 15.0. The first-order valence-electron chi connectivity index (χ1n) is 7.77. The summed E-state index contributed by atoms with van der Waals surface area (Å²) in [4.78, 5) is 12.5. The number of hydrogen-bond donors (Lipinski definition) is 2. The van der Waals surface area contributed by atoms with Gasteiger partial charge in [-0.3, -0.25) is 4.79 Å². The molecule has 3 nitrogen and oxygen atoms in total. The van der Waals surface area contributed by atoms with Gasteiger partial charge in [-0.1, -0.05) is 38.1 Å². The summed E-state index contributed by atoms with van der Waals surface area (Å²) in [5.74, 6) is 0.223. The Bertz CT molecular complexity index is 433. The van der Waals surface area contributed by atoms with Crippen molar-refractivity contribution in [1.82, 2.24) is 10.6 Å². The van der Waals surface area contributed by atoms with Crippen LogP contribution in [0.5, 0.6) is 0 Å². The van der Waals surface area contributed by atoms with Gasteiger partial charge in [-0.05, 0) is 49.9 Å². The number of rotatable bonds is 5. The number of benzene rings is 1. The maximum atomic E-state index is 12.5. The number of nitrogens with one attached hydrogen (secondary N) is 2. The third-order valence-electron chi connectivity index (χ3n) is 4.60. The monoisotopic (exact) mass is 274 g/mol. The lowest BCUT2D eigenvalue weighted by Gasteiger charge is -2.35. The van der Waals surface area contributed by atoms with E-state index in [0.29, 0.717) is 6.54 Å². The minimum atomic E-state index is -0.158. The molecule has 20 heavy (non-hydrogen) atoms. The van der Waals surface area contributed by atoms with Crippen molar-refractivity contribution in [3.05, 3.63) is 35.4 Å². The van der Waals surface area contributed by atoms with Gasteiger partial charge < -0.3 is 10.6 Å². The molecule has 1 aromatic carbocycles. The predicted molar refractivity (Wildman–Crippen MR) is 82.5 cm³/mol. The maximum absolute atomic E-state index is 12.5. The molecule has 0 aromatic heterocycles. The summed E-state index contributed by atoms with van der Waals surface area (Å²) in [6, 6.07) is 8.50. The van der Waals surface area contributed by atoms with Crippen LogP contribution in [-0.2, 0) is 17.8 Å². The van der Waals surface area contributed by atoms with E-state index in [1.807, 2.05) is 0 Å². The number of hydrogen-bond acceptors (Lipinski definition) is 2. The Hall–Kier alpha value is -1.35. The fraction of sp³-hybridized carbons (Fsp3) is 0.588. The molecule has 0 bridgehead atoms. The van der Waals surface area contributed by atoms with Gasteiger partial charge in [-0.25, -0.2) is 0 Å². The van der Waals surface area contributed by atoms with E-state index in [-0.39, 0.29) is 11.3 Å². The van der Waals surface area contributed by atoms with Crippen molar-refractivity contribution in [1.29, 1.82) is 0 Å². The summed E-state index contributed by atoms with van der Waals surface area (Å²) in [6.45, 7) is 6.82. The van der Waals surface area contributed by atoms with Crippen LogP contribution in [0.3, 0.4) is 0 Å². The Morgan fingerprint density at radius 2 is 1.75 bits per heavy atom. The summed E-state index contributed by atoms with van der Waals surface area (Å²) < 4.78 is 0. The number of carbonyl (C=O) groups excluding carboxylic acids is 1. The topological polar surface area (TPSA) is 41.1 Å². The van der Waals surface area contributed by atoms with Crippen molar-refractivity contribution >= 4 is 5.91 Å². The second-order valence-electron chi connectivity index (χ2n) is 5.74. The summed E-state index contributed by atoms with van der Waals surface area (Å²) >= 11 is 0. The molecule has 3 heteroatoms. The summed E-state index contributed by atoms with van der Waals surface area (Å²) in [5, 5.41) is 6.47. The average Bonchev–Trinajstić information content (AvgIpc) is 2.53. The highest BCUT2D eigenvalue weighted by molar-refractivity contribution is 5.82. The van der Waals surface area contributed by atoms with Gasteiger partial charge in [0.1, 0.15) is 0 Å². The second-order valence-corrected chi connectivity index (χ2v) is 5.74.